The van der Waals surface area contributed by atoms with Crippen LogP contribution in [0, 0.1) is 11.8 Å². The monoisotopic (exact) mass is 256 g/mol. The number of halogens is 4. The van der Waals surface area contributed by atoms with Gasteiger partial charge in [-0.2, -0.15) is 17.6 Å². The highest BCUT2D eigenvalue weighted by Gasteiger charge is 2.06. The summed E-state index contributed by atoms with van der Waals surface area (Å²) in [6.07, 6.45) is -2.44. The highest BCUT2D eigenvalue weighted by atomic mass is 19.3. The summed E-state index contributed by atoms with van der Waals surface area (Å²) < 4.78 is 45.2. The fourth-order valence-corrected chi connectivity index (χ4v) is 0.646. The van der Waals surface area contributed by atoms with Gasteiger partial charge in [-0.3, -0.25) is 0 Å². The van der Waals surface area contributed by atoms with Gasteiger partial charge in [-0.1, -0.05) is 27.7 Å². The van der Waals surface area contributed by atoms with Gasteiger partial charge in [0.1, 0.15) is 0 Å². The van der Waals surface area contributed by atoms with Crippen molar-refractivity contribution >= 4 is 0 Å². The summed E-state index contributed by atoms with van der Waals surface area (Å²) in [6.45, 7) is 7.15. The summed E-state index contributed by atoms with van der Waals surface area (Å²) in [5, 5.41) is 8.74. The van der Waals surface area contributed by atoms with Crippen LogP contribution < -0.4 is 0 Å². The van der Waals surface area contributed by atoms with Gasteiger partial charge >= 0.3 is 0 Å². The molecule has 0 aliphatic carbocycles. The molecule has 0 aliphatic rings. The van der Waals surface area contributed by atoms with Crippen molar-refractivity contribution in [2.75, 3.05) is 0 Å². The molecular formula is C12H20F4O. The van der Waals surface area contributed by atoms with E-state index >= 15 is 0 Å². The van der Waals surface area contributed by atoms with Crippen molar-refractivity contribution in [2.24, 2.45) is 11.8 Å². The molecule has 0 bridgehead atoms. The van der Waals surface area contributed by atoms with E-state index in [1.54, 1.807) is 13.8 Å². The van der Waals surface area contributed by atoms with Crippen molar-refractivity contribution < 1.29 is 22.7 Å². The van der Waals surface area contributed by atoms with Crippen LogP contribution in [-0.4, -0.2) is 11.2 Å². The fourth-order valence-electron chi connectivity index (χ4n) is 0.646. The SMILES string of the molecule is CC(C)C(O)C=C(F)F.CC(C)CC=C(F)F. The molecule has 0 rings (SSSR count). The maximum atomic E-state index is 11.3. The second-order valence-electron chi connectivity index (χ2n) is 4.31. The molecule has 0 saturated heterocycles. The second kappa shape index (κ2) is 10.3. The maximum absolute atomic E-state index is 11.3. The number of hydrogen-bond acceptors (Lipinski definition) is 1. The number of aliphatic hydroxyl groups is 1. The van der Waals surface area contributed by atoms with Gasteiger partial charge in [0.2, 0.25) is 0 Å². The standard InChI is InChI=1S/C6H10F2O.C6H10F2/c1-4(2)5(9)3-6(7)8;1-5(2)3-4-6(7)8/h3-5,9H,1-2H3;4-5H,3H2,1-2H3. The average Bonchev–Trinajstić information content (AvgIpc) is 2.14. The molecule has 1 N–H and O–H groups in total. The lowest BCUT2D eigenvalue weighted by molar-refractivity contribution is 0.166. The summed E-state index contributed by atoms with van der Waals surface area (Å²) in [7, 11) is 0. The van der Waals surface area contributed by atoms with Crippen LogP contribution in [0.4, 0.5) is 17.6 Å². The summed E-state index contributed by atoms with van der Waals surface area (Å²) in [5.41, 5.74) is 0. The fraction of sp³-hybridized carbons (Fsp3) is 0.667. The number of aliphatic hydroxyl groups excluding tert-OH is 1. The summed E-state index contributed by atoms with van der Waals surface area (Å²) >= 11 is 0. The minimum atomic E-state index is -1.82. The predicted molar refractivity (Wildman–Crippen MR) is 60.9 cm³/mol. The first-order chi connectivity index (χ1) is 7.66. The molecular weight excluding hydrogens is 236 g/mol. The zero-order chi connectivity index (χ0) is 14.0. The minimum Gasteiger partial charge on any atom is -0.389 e. The quantitative estimate of drug-likeness (QED) is 0.729. The van der Waals surface area contributed by atoms with E-state index in [-0.39, 0.29) is 5.92 Å². The Morgan fingerprint density at radius 3 is 1.59 bits per heavy atom. The Kier molecular flexibility index (Phi) is 11.2. The van der Waals surface area contributed by atoms with E-state index < -0.39 is 18.3 Å². The zero-order valence-electron chi connectivity index (χ0n) is 10.6. The molecule has 0 fully saturated rings. The lowest BCUT2D eigenvalue weighted by Gasteiger charge is -2.06. The molecule has 5 heteroatoms. The Hall–Kier alpha value is -0.840. The van der Waals surface area contributed by atoms with E-state index in [9.17, 15) is 17.6 Å². The van der Waals surface area contributed by atoms with Gasteiger partial charge in [-0.05, 0) is 24.3 Å². The lowest BCUT2D eigenvalue weighted by Crippen LogP contribution is -2.10. The van der Waals surface area contributed by atoms with E-state index in [1.807, 2.05) is 13.8 Å². The predicted octanol–water partition coefficient (Wildman–Crippen LogP) is 4.60. The van der Waals surface area contributed by atoms with Gasteiger partial charge < -0.3 is 5.11 Å². The number of allylic oxidation sites excluding steroid dienone is 1. The van der Waals surface area contributed by atoms with Crippen LogP contribution in [0.15, 0.2) is 24.3 Å². The summed E-state index contributed by atoms with van der Waals surface area (Å²) in [6, 6.07) is 0. The Bertz CT molecular complexity index is 239. The Morgan fingerprint density at radius 1 is 1.00 bits per heavy atom. The molecule has 0 aliphatic heterocycles. The van der Waals surface area contributed by atoms with Gasteiger partial charge in [0.05, 0.1) is 6.10 Å². The van der Waals surface area contributed by atoms with Gasteiger partial charge in [-0.25, -0.2) is 0 Å². The van der Waals surface area contributed by atoms with Gasteiger partial charge in [0.25, 0.3) is 12.2 Å². The first-order valence-electron chi connectivity index (χ1n) is 5.38. The van der Waals surface area contributed by atoms with Crippen molar-refractivity contribution in [2.45, 2.75) is 40.2 Å². The van der Waals surface area contributed by atoms with Crippen molar-refractivity contribution in [3.05, 3.63) is 24.3 Å². The lowest BCUT2D eigenvalue weighted by atomic mass is 10.1. The molecule has 0 aromatic rings. The van der Waals surface area contributed by atoms with Gasteiger partial charge in [0.15, 0.2) is 0 Å². The maximum Gasteiger partial charge on any atom is 0.268 e. The van der Waals surface area contributed by atoms with E-state index in [2.05, 4.69) is 0 Å². The van der Waals surface area contributed by atoms with Crippen LogP contribution in [0.2, 0.25) is 0 Å². The number of hydrogen-bond donors (Lipinski definition) is 1. The van der Waals surface area contributed by atoms with E-state index in [0.29, 0.717) is 18.4 Å². The van der Waals surface area contributed by atoms with Crippen molar-refractivity contribution in [1.82, 2.24) is 0 Å². The van der Waals surface area contributed by atoms with Crippen LogP contribution in [0.3, 0.4) is 0 Å². The molecule has 17 heavy (non-hydrogen) atoms. The van der Waals surface area contributed by atoms with Crippen LogP contribution in [0.1, 0.15) is 34.1 Å². The summed E-state index contributed by atoms with van der Waals surface area (Å²) in [4.78, 5) is 0. The van der Waals surface area contributed by atoms with Crippen molar-refractivity contribution in [3.63, 3.8) is 0 Å². The molecule has 0 heterocycles. The van der Waals surface area contributed by atoms with Crippen LogP contribution in [0.25, 0.3) is 0 Å². The molecule has 1 atom stereocenters. The van der Waals surface area contributed by atoms with Gasteiger partial charge in [-0.15, -0.1) is 0 Å². The van der Waals surface area contributed by atoms with Crippen LogP contribution >= 0.6 is 0 Å². The molecule has 0 aromatic carbocycles. The second-order valence-corrected chi connectivity index (χ2v) is 4.31. The number of rotatable bonds is 4. The van der Waals surface area contributed by atoms with Crippen molar-refractivity contribution in [3.8, 4) is 0 Å². The van der Waals surface area contributed by atoms with E-state index in [4.69, 9.17) is 5.11 Å². The Morgan fingerprint density at radius 2 is 1.47 bits per heavy atom. The molecule has 0 aromatic heterocycles. The van der Waals surface area contributed by atoms with Crippen LogP contribution in [0.5, 0.6) is 0 Å². The van der Waals surface area contributed by atoms with Crippen molar-refractivity contribution in [1.29, 1.82) is 0 Å². The molecule has 0 saturated carbocycles. The Labute approximate surface area is 99.8 Å². The third-order valence-corrected chi connectivity index (χ3v) is 1.72. The molecule has 0 amide bonds. The van der Waals surface area contributed by atoms with E-state index in [1.165, 1.54) is 0 Å². The Balaban J connectivity index is 0. The average molecular weight is 256 g/mol. The van der Waals surface area contributed by atoms with Crippen LogP contribution in [-0.2, 0) is 0 Å². The largest absolute Gasteiger partial charge is 0.389 e. The molecule has 1 unspecified atom stereocenters. The first-order valence-corrected chi connectivity index (χ1v) is 5.38. The molecule has 1 nitrogen and oxygen atoms in total. The zero-order valence-corrected chi connectivity index (χ0v) is 10.6. The third kappa shape index (κ3) is 17.8. The molecule has 102 valence electrons. The van der Waals surface area contributed by atoms with Gasteiger partial charge in [0, 0.05) is 6.08 Å². The smallest absolute Gasteiger partial charge is 0.268 e. The molecule has 0 radical (unpaired) electrons. The first kappa shape index (κ1) is 18.5. The normalized spacial score (nSPS) is 11.7. The highest BCUT2D eigenvalue weighted by Crippen LogP contribution is 2.07. The minimum absolute atomic E-state index is 0.147. The highest BCUT2D eigenvalue weighted by molar-refractivity contribution is 4.89. The topological polar surface area (TPSA) is 20.2 Å². The summed E-state index contributed by atoms with van der Waals surface area (Å²) in [5.74, 6) is 0.183. The third-order valence-electron chi connectivity index (χ3n) is 1.72. The molecule has 0 spiro atoms. The van der Waals surface area contributed by atoms with E-state index in [0.717, 1.165) is 6.08 Å².